The minimum Gasteiger partial charge on any atom is -0.461 e. The summed E-state index contributed by atoms with van der Waals surface area (Å²) >= 11 is 0. The van der Waals surface area contributed by atoms with Crippen molar-refractivity contribution < 1.29 is 32.2 Å². The molecular weight excluding hydrogens is 231 g/mol. The van der Waals surface area contributed by atoms with Crippen molar-refractivity contribution in [1.29, 1.82) is 0 Å². The van der Waals surface area contributed by atoms with E-state index in [0.29, 0.717) is 0 Å². The molecular formula is C8H10F3NO4. The number of esters is 1. The maximum Gasteiger partial charge on any atom is 0.440 e. The number of alkyl halides is 3. The maximum absolute atomic E-state index is 12.3. The van der Waals surface area contributed by atoms with E-state index in [1.807, 2.05) is 0 Å². The zero-order valence-corrected chi connectivity index (χ0v) is 8.63. The number of carbonyl (C=O) groups is 2. The van der Waals surface area contributed by atoms with Gasteiger partial charge in [0.2, 0.25) is 5.71 Å². The van der Waals surface area contributed by atoms with Gasteiger partial charge in [-0.3, -0.25) is 0 Å². The fourth-order valence-corrected chi connectivity index (χ4v) is 0.671. The third kappa shape index (κ3) is 4.76. The van der Waals surface area contributed by atoms with Crippen LogP contribution in [0, 0.1) is 0 Å². The van der Waals surface area contributed by atoms with Crippen molar-refractivity contribution in [2.24, 2.45) is 4.99 Å². The Kier molecular flexibility index (Phi) is 5.48. The topological polar surface area (TPSA) is 65.0 Å². The molecule has 0 spiro atoms. The van der Waals surface area contributed by atoms with Gasteiger partial charge in [-0.2, -0.15) is 18.2 Å². The zero-order valence-electron chi connectivity index (χ0n) is 8.63. The maximum atomic E-state index is 12.3. The van der Waals surface area contributed by atoms with Crippen molar-refractivity contribution >= 4 is 17.8 Å². The van der Waals surface area contributed by atoms with E-state index in [0.717, 1.165) is 0 Å². The fraction of sp³-hybridized carbons (Fsp3) is 0.625. The number of ether oxygens (including phenoxy) is 2. The number of amides is 1. The molecule has 0 aromatic rings. The molecule has 0 radical (unpaired) electrons. The first-order chi connectivity index (χ1) is 7.32. The van der Waals surface area contributed by atoms with Crippen LogP contribution in [-0.2, 0) is 14.3 Å². The lowest BCUT2D eigenvalue weighted by atomic mass is 10.3. The lowest BCUT2D eigenvalue weighted by Gasteiger charge is -2.08. The summed E-state index contributed by atoms with van der Waals surface area (Å²) < 4.78 is 45.0. The lowest BCUT2D eigenvalue weighted by molar-refractivity contribution is -0.139. The van der Waals surface area contributed by atoms with E-state index in [4.69, 9.17) is 0 Å². The van der Waals surface area contributed by atoms with Crippen LogP contribution in [0.1, 0.15) is 13.8 Å². The van der Waals surface area contributed by atoms with Gasteiger partial charge in [0.1, 0.15) is 0 Å². The van der Waals surface area contributed by atoms with Crippen molar-refractivity contribution in [3.8, 4) is 0 Å². The Labute approximate surface area is 89.2 Å². The normalized spacial score (nSPS) is 12.2. The molecule has 0 heterocycles. The van der Waals surface area contributed by atoms with Crippen LogP contribution in [0.5, 0.6) is 0 Å². The Balaban J connectivity index is 4.95. The zero-order chi connectivity index (χ0) is 12.8. The van der Waals surface area contributed by atoms with Crippen LogP contribution >= 0.6 is 0 Å². The Morgan fingerprint density at radius 3 is 2.00 bits per heavy atom. The minimum absolute atomic E-state index is 0.143. The van der Waals surface area contributed by atoms with Crippen molar-refractivity contribution in [2.45, 2.75) is 20.0 Å². The highest BCUT2D eigenvalue weighted by Crippen LogP contribution is 2.18. The highest BCUT2D eigenvalue weighted by atomic mass is 19.4. The molecule has 0 aliphatic carbocycles. The molecule has 16 heavy (non-hydrogen) atoms. The summed E-state index contributed by atoms with van der Waals surface area (Å²) in [5, 5.41) is 0. The van der Waals surface area contributed by atoms with Crippen LogP contribution in [0.3, 0.4) is 0 Å². The standard InChI is InChI=1S/C8H10F3NO4/c1-3-15-6(13)5(8(9,10)11)12-7(14)16-4-2/h3-4H2,1-2H3. The van der Waals surface area contributed by atoms with E-state index in [9.17, 15) is 22.8 Å². The molecule has 8 heteroatoms. The molecule has 5 nitrogen and oxygen atoms in total. The number of nitrogens with zero attached hydrogens (tertiary/aromatic N) is 1. The molecule has 0 unspecified atom stereocenters. The molecule has 0 rings (SSSR count). The second kappa shape index (κ2) is 6.09. The molecule has 0 atom stereocenters. The Morgan fingerprint density at radius 1 is 1.12 bits per heavy atom. The van der Waals surface area contributed by atoms with Crippen LogP contribution in [0.2, 0.25) is 0 Å². The van der Waals surface area contributed by atoms with Gasteiger partial charge >= 0.3 is 18.2 Å². The molecule has 0 aromatic carbocycles. The van der Waals surface area contributed by atoms with Crippen LogP contribution in [-0.4, -0.2) is 37.2 Å². The predicted molar refractivity (Wildman–Crippen MR) is 47.1 cm³/mol. The summed E-state index contributed by atoms with van der Waals surface area (Å²) in [6, 6.07) is 0. The smallest absolute Gasteiger partial charge is 0.440 e. The van der Waals surface area contributed by atoms with Gasteiger partial charge in [-0.05, 0) is 13.8 Å². The average Bonchev–Trinajstić information content (AvgIpc) is 2.13. The van der Waals surface area contributed by atoms with E-state index in [1.54, 1.807) is 0 Å². The molecule has 0 fully saturated rings. The van der Waals surface area contributed by atoms with E-state index in [-0.39, 0.29) is 13.2 Å². The Hall–Kier alpha value is -1.60. The van der Waals surface area contributed by atoms with Gasteiger partial charge in [0.05, 0.1) is 13.2 Å². The highest BCUT2D eigenvalue weighted by Gasteiger charge is 2.43. The monoisotopic (exact) mass is 241 g/mol. The van der Waals surface area contributed by atoms with Gasteiger partial charge in [-0.25, -0.2) is 9.59 Å². The van der Waals surface area contributed by atoms with Gasteiger partial charge in [-0.15, -0.1) is 0 Å². The van der Waals surface area contributed by atoms with Crippen LogP contribution in [0.4, 0.5) is 18.0 Å². The van der Waals surface area contributed by atoms with Gasteiger partial charge in [0, 0.05) is 0 Å². The average molecular weight is 241 g/mol. The molecule has 0 aromatic heterocycles. The van der Waals surface area contributed by atoms with Crippen molar-refractivity contribution in [3.05, 3.63) is 0 Å². The molecule has 0 N–H and O–H groups in total. The van der Waals surface area contributed by atoms with E-state index < -0.39 is 24.0 Å². The third-order valence-corrected chi connectivity index (χ3v) is 1.21. The lowest BCUT2D eigenvalue weighted by Crippen LogP contribution is -2.33. The third-order valence-electron chi connectivity index (χ3n) is 1.21. The molecule has 0 aliphatic heterocycles. The summed E-state index contributed by atoms with van der Waals surface area (Å²) in [4.78, 5) is 24.1. The second-order valence-electron chi connectivity index (χ2n) is 2.38. The van der Waals surface area contributed by atoms with Gasteiger partial charge in [0.15, 0.2) is 0 Å². The summed E-state index contributed by atoms with van der Waals surface area (Å²) in [7, 11) is 0. The number of hydrogen-bond acceptors (Lipinski definition) is 4. The fourth-order valence-electron chi connectivity index (χ4n) is 0.671. The molecule has 0 aliphatic rings. The first-order valence-corrected chi connectivity index (χ1v) is 4.32. The summed E-state index contributed by atoms with van der Waals surface area (Å²) in [5.41, 5.74) is -1.92. The number of carbonyl (C=O) groups excluding carboxylic acids is 2. The Bertz CT molecular complexity index is 298. The summed E-state index contributed by atoms with van der Waals surface area (Å²) in [6.07, 6.45) is -6.54. The number of halogens is 3. The quantitative estimate of drug-likeness (QED) is 0.557. The van der Waals surface area contributed by atoms with Crippen LogP contribution in [0.15, 0.2) is 4.99 Å². The first kappa shape index (κ1) is 14.4. The van der Waals surface area contributed by atoms with Crippen molar-refractivity contribution in [2.75, 3.05) is 13.2 Å². The van der Waals surface area contributed by atoms with Gasteiger partial charge < -0.3 is 9.47 Å². The summed E-state index contributed by atoms with van der Waals surface area (Å²) in [6.45, 7) is 2.33. The molecule has 0 bridgehead atoms. The van der Waals surface area contributed by atoms with Crippen LogP contribution < -0.4 is 0 Å². The SMILES string of the molecule is CCOC(=O)N=C(C(=O)OCC)C(F)(F)F. The minimum atomic E-state index is -5.06. The van der Waals surface area contributed by atoms with Crippen molar-refractivity contribution in [1.82, 2.24) is 0 Å². The molecule has 0 saturated heterocycles. The van der Waals surface area contributed by atoms with Crippen molar-refractivity contribution in [3.63, 3.8) is 0 Å². The van der Waals surface area contributed by atoms with Gasteiger partial charge in [-0.1, -0.05) is 0 Å². The van der Waals surface area contributed by atoms with Crippen LogP contribution in [0.25, 0.3) is 0 Å². The number of aliphatic imine (C=N–C) groups is 1. The predicted octanol–water partition coefficient (Wildman–Crippen LogP) is 1.71. The Morgan fingerprint density at radius 2 is 1.62 bits per heavy atom. The highest BCUT2D eigenvalue weighted by molar-refractivity contribution is 6.40. The molecule has 0 saturated carbocycles. The first-order valence-electron chi connectivity index (χ1n) is 4.32. The second-order valence-corrected chi connectivity index (χ2v) is 2.38. The molecule has 92 valence electrons. The summed E-state index contributed by atoms with van der Waals surface area (Å²) in [5.74, 6) is -1.71. The number of rotatable bonds is 3. The van der Waals surface area contributed by atoms with Gasteiger partial charge in [0.25, 0.3) is 0 Å². The number of hydrogen-bond donors (Lipinski definition) is 0. The largest absolute Gasteiger partial charge is 0.461 e. The molecule has 1 amide bonds. The van der Waals surface area contributed by atoms with E-state index >= 15 is 0 Å². The van der Waals surface area contributed by atoms with E-state index in [1.165, 1.54) is 13.8 Å². The van der Waals surface area contributed by atoms with E-state index in [2.05, 4.69) is 14.5 Å².